The van der Waals surface area contributed by atoms with Crippen molar-refractivity contribution in [2.45, 2.75) is 18.4 Å². The average molecular weight is 452 g/mol. The third-order valence-corrected chi connectivity index (χ3v) is 6.69. The van der Waals surface area contributed by atoms with Crippen LogP contribution >= 0.6 is 11.8 Å². The number of nitrogens with one attached hydrogen (secondary N) is 1. The number of benzene rings is 2. The first kappa shape index (κ1) is 22.3. The first-order valence-corrected chi connectivity index (χ1v) is 11.0. The van der Waals surface area contributed by atoms with E-state index in [0.29, 0.717) is 11.5 Å². The van der Waals surface area contributed by atoms with Gasteiger partial charge in [0, 0.05) is 26.0 Å². The largest absolute Gasteiger partial charge is 0.455 e. The number of fused-ring (bicyclic) bond motifs is 1. The van der Waals surface area contributed by atoms with Gasteiger partial charge in [0.25, 0.3) is 0 Å². The van der Waals surface area contributed by atoms with Crippen molar-refractivity contribution in [3.05, 3.63) is 66.1 Å². The summed E-state index contributed by atoms with van der Waals surface area (Å²) in [5, 5.41) is 0.836. The van der Waals surface area contributed by atoms with Crippen LogP contribution in [0.25, 0.3) is 10.9 Å². The van der Waals surface area contributed by atoms with Crippen LogP contribution < -0.4 is 9.57 Å². The minimum absolute atomic E-state index is 0.0499. The molecule has 1 aromatic heterocycles. The smallest absolute Gasteiger partial charge is 0.242 e. The standard InChI is InChI=1S/C21H23ClFN3O3S/c1-15-21(29-17-8-10-18(11-9-17)30(27,28)25(2)3)19-6-4-5-7-20(19)26(15)14-16(23)12-13-24-22/h4-12,24H,13-14H2,1-3H3/b16-12-. The summed E-state index contributed by atoms with van der Waals surface area (Å²) in [5.41, 5.74) is 1.59. The van der Waals surface area contributed by atoms with E-state index in [1.165, 1.54) is 32.3 Å². The van der Waals surface area contributed by atoms with Crippen LogP contribution in [0.3, 0.4) is 0 Å². The fraction of sp³-hybridized carbons (Fsp3) is 0.238. The molecule has 0 spiro atoms. The molecule has 6 nitrogen and oxygen atoms in total. The predicted molar refractivity (Wildman–Crippen MR) is 117 cm³/mol. The lowest BCUT2D eigenvalue weighted by Gasteiger charge is -2.12. The summed E-state index contributed by atoms with van der Waals surface area (Å²) >= 11 is 5.40. The predicted octanol–water partition coefficient (Wildman–Crippen LogP) is 4.59. The van der Waals surface area contributed by atoms with E-state index >= 15 is 0 Å². The Morgan fingerprint density at radius 2 is 1.87 bits per heavy atom. The number of sulfonamides is 1. The van der Waals surface area contributed by atoms with Gasteiger partial charge in [-0.1, -0.05) is 12.1 Å². The quantitative estimate of drug-likeness (QED) is 0.509. The molecule has 0 fully saturated rings. The van der Waals surface area contributed by atoms with Gasteiger partial charge in [-0.25, -0.2) is 21.9 Å². The van der Waals surface area contributed by atoms with Gasteiger partial charge in [-0.15, -0.1) is 0 Å². The number of halogens is 2. The van der Waals surface area contributed by atoms with Crippen LogP contribution in [0.5, 0.6) is 11.5 Å². The number of rotatable bonds is 8. The van der Waals surface area contributed by atoms with Gasteiger partial charge < -0.3 is 9.30 Å². The van der Waals surface area contributed by atoms with Crippen LogP contribution in [0.15, 0.2) is 65.3 Å². The summed E-state index contributed by atoms with van der Waals surface area (Å²) < 4.78 is 47.8. The van der Waals surface area contributed by atoms with Crippen molar-refractivity contribution < 1.29 is 17.5 Å². The topological polar surface area (TPSA) is 63.6 Å². The molecule has 1 heterocycles. The average Bonchev–Trinajstić information content (AvgIpc) is 2.98. The van der Waals surface area contributed by atoms with Crippen molar-refractivity contribution in [3.63, 3.8) is 0 Å². The molecule has 0 radical (unpaired) electrons. The van der Waals surface area contributed by atoms with Crippen molar-refractivity contribution >= 4 is 32.7 Å². The molecule has 160 valence electrons. The Morgan fingerprint density at radius 3 is 2.50 bits per heavy atom. The fourth-order valence-corrected chi connectivity index (χ4v) is 4.08. The Kier molecular flexibility index (Phi) is 6.82. The first-order valence-electron chi connectivity index (χ1n) is 9.22. The van der Waals surface area contributed by atoms with Crippen LogP contribution in [-0.2, 0) is 16.6 Å². The summed E-state index contributed by atoms with van der Waals surface area (Å²) in [5.74, 6) is 0.759. The Hall–Kier alpha value is -2.39. The van der Waals surface area contributed by atoms with Gasteiger partial charge in [0.05, 0.1) is 22.7 Å². The summed E-state index contributed by atoms with van der Waals surface area (Å²) in [6.45, 7) is 2.12. The molecule has 0 aliphatic rings. The van der Waals surface area contributed by atoms with Crippen molar-refractivity contribution in [3.8, 4) is 11.5 Å². The molecule has 0 unspecified atom stereocenters. The third-order valence-electron chi connectivity index (χ3n) is 4.71. The van der Waals surface area contributed by atoms with Gasteiger partial charge in [0.15, 0.2) is 5.75 Å². The Bertz CT molecular complexity index is 1170. The molecule has 0 saturated carbocycles. The van der Waals surface area contributed by atoms with Gasteiger partial charge in [-0.2, -0.15) is 0 Å². The number of nitrogens with zero attached hydrogens (tertiary/aromatic N) is 2. The van der Waals surface area contributed by atoms with E-state index in [1.54, 1.807) is 12.1 Å². The van der Waals surface area contributed by atoms with Crippen LogP contribution in [0.2, 0.25) is 0 Å². The monoisotopic (exact) mass is 451 g/mol. The molecule has 0 aliphatic carbocycles. The Morgan fingerprint density at radius 1 is 1.20 bits per heavy atom. The molecule has 1 N–H and O–H groups in total. The molecular formula is C21H23ClFN3O3S. The molecule has 2 aromatic carbocycles. The van der Waals surface area contributed by atoms with Gasteiger partial charge in [0.1, 0.15) is 11.6 Å². The molecule has 3 aromatic rings. The minimum atomic E-state index is -3.52. The zero-order valence-electron chi connectivity index (χ0n) is 16.9. The number of allylic oxidation sites excluding steroid dienone is 1. The van der Waals surface area contributed by atoms with Crippen molar-refractivity contribution in [2.24, 2.45) is 0 Å². The van der Waals surface area contributed by atoms with E-state index in [0.717, 1.165) is 20.9 Å². The van der Waals surface area contributed by atoms with Crippen LogP contribution in [-0.4, -0.2) is 37.9 Å². The number of para-hydroxylation sites is 1. The first-order chi connectivity index (χ1) is 14.3. The molecule has 0 bridgehead atoms. The van der Waals surface area contributed by atoms with Gasteiger partial charge in [0.2, 0.25) is 10.0 Å². The highest BCUT2D eigenvalue weighted by atomic mass is 35.5. The maximum atomic E-state index is 14.3. The lowest BCUT2D eigenvalue weighted by molar-refractivity contribution is 0.477. The van der Waals surface area contributed by atoms with Crippen molar-refractivity contribution in [1.29, 1.82) is 0 Å². The maximum absolute atomic E-state index is 14.3. The van der Waals surface area contributed by atoms with Crippen LogP contribution in [0.4, 0.5) is 4.39 Å². The number of hydrogen-bond acceptors (Lipinski definition) is 4. The fourth-order valence-electron chi connectivity index (χ4n) is 3.10. The highest BCUT2D eigenvalue weighted by Crippen LogP contribution is 2.36. The lowest BCUT2D eigenvalue weighted by Crippen LogP contribution is -2.22. The number of hydrogen-bond donors (Lipinski definition) is 1. The Balaban J connectivity index is 1.96. The highest BCUT2D eigenvalue weighted by Gasteiger charge is 2.19. The SMILES string of the molecule is Cc1c(Oc2ccc(S(=O)(=O)N(C)C)cc2)c2ccccc2n1C/C(F)=C/CNCl. The molecule has 0 atom stereocenters. The van der Waals surface area contributed by atoms with E-state index in [-0.39, 0.29) is 23.8 Å². The second-order valence-electron chi connectivity index (χ2n) is 6.87. The lowest BCUT2D eigenvalue weighted by atomic mass is 10.2. The summed E-state index contributed by atoms with van der Waals surface area (Å²) in [7, 11) is -0.553. The molecule has 0 aliphatic heterocycles. The van der Waals surface area contributed by atoms with E-state index in [9.17, 15) is 12.8 Å². The van der Waals surface area contributed by atoms with E-state index in [2.05, 4.69) is 4.84 Å². The normalized spacial score (nSPS) is 12.7. The molecule has 0 amide bonds. The summed E-state index contributed by atoms with van der Waals surface area (Å²) in [4.78, 5) is 2.55. The molecule has 3 rings (SSSR count). The third kappa shape index (κ3) is 4.52. The van der Waals surface area contributed by atoms with E-state index in [4.69, 9.17) is 16.5 Å². The van der Waals surface area contributed by atoms with Crippen LogP contribution in [0.1, 0.15) is 5.69 Å². The number of aromatic nitrogens is 1. The van der Waals surface area contributed by atoms with Gasteiger partial charge in [-0.05, 0) is 61.2 Å². The maximum Gasteiger partial charge on any atom is 0.242 e. The Labute approximate surface area is 180 Å². The van der Waals surface area contributed by atoms with E-state index < -0.39 is 10.0 Å². The second kappa shape index (κ2) is 9.18. The minimum Gasteiger partial charge on any atom is -0.455 e. The van der Waals surface area contributed by atoms with E-state index in [1.807, 2.05) is 35.8 Å². The number of ether oxygens (including phenoxy) is 1. The van der Waals surface area contributed by atoms with Gasteiger partial charge in [-0.3, -0.25) is 0 Å². The zero-order valence-corrected chi connectivity index (χ0v) is 18.5. The summed E-state index contributed by atoms with van der Waals surface area (Å²) in [6.07, 6.45) is 1.38. The molecule has 30 heavy (non-hydrogen) atoms. The van der Waals surface area contributed by atoms with Crippen molar-refractivity contribution in [2.75, 3.05) is 20.6 Å². The summed E-state index contributed by atoms with van der Waals surface area (Å²) in [6, 6.07) is 13.8. The molecular weight excluding hydrogens is 429 g/mol. The molecule has 9 heteroatoms. The molecule has 0 saturated heterocycles. The van der Waals surface area contributed by atoms with Crippen molar-refractivity contribution in [1.82, 2.24) is 13.7 Å². The van der Waals surface area contributed by atoms with Gasteiger partial charge >= 0.3 is 0 Å². The zero-order chi connectivity index (χ0) is 21.9. The highest BCUT2D eigenvalue weighted by molar-refractivity contribution is 7.89. The second-order valence-corrected chi connectivity index (χ2v) is 9.29. The van der Waals surface area contributed by atoms with Crippen LogP contribution in [0, 0.1) is 6.92 Å².